The Morgan fingerprint density at radius 3 is 2.82 bits per heavy atom. The van der Waals surface area contributed by atoms with E-state index in [0.717, 1.165) is 5.56 Å². The molecule has 0 aliphatic rings. The molecule has 94 valence electrons. The topological polar surface area (TPSA) is 64.3 Å². The smallest absolute Gasteiger partial charge is 0.257 e. The van der Waals surface area contributed by atoms with Crippen molar-refractivity contribution < 1.29 is 13.9 Å². The Labute approximate surface area is 100.0 Å². The van der Waals surface area contributed by atoms with Crippen molar-refractivity contribution in [3.8, 4) is 5.75 Å². The van der Waals surface area contributed by atoms with E-state index in [4.69, 9.17) is 10.5 Å². The maximum atomic E-state index is 13.3. The molecule has 1 atom stereocenters. The first-order valence-electron chi connectivity index (χ1n) is 5.39. The third kappa shape index (κ3) is 4.82. The summed E-state index contributed by atoms with van der Waals surface area (Å²) in [5, 5.41) is 2.42. The number of carbonyl (C=O) groups excluding carboxylic acids is 1. The maximum Gasteiger partial charge on any atom is 0.257 e. The highest BCUT2D eigenvalue weighted by Gasteiger charge is 2.06. The Morgan fingerprint density at radius 1 is 1.53 bits per heavy atom. The second kappa shape index (κ2) is 6.20. The molecule has 0 spiro atoms. The SMILES string of the molecule is CNC(=O)COc1cc(F)cc(CC(C)N)c1. The predicted octanol–water partition coefficient (Wildman–Crippen LogP) is 0.840. The van der Waals surface area contributed by atoms with E-state index in [1.165, 1.54) is 19.2 Å². The van der Waals surface area contributed by atoms with Crippen molar-refractivity contribution in [3.05, 3.63) is 29.6 Å². The molecule has 1 aromatic carbocycles. The van der Waals surface area contributed by atoms with E-state index in [0.29, 0.717) is 12.2 Å². The summed E-state index contributed by atoms with van der Waals surface area (Å²) < 4.78 is 18.4. The van der Waals surface area contributed by atoms with Crippen molar-refractivity contribution in [2.45, 2.75) is 19.4 Å². The highest BCUT2D eigenvalue weighted by molar-refractivity contribution is 5.77. The molecule has 0 aliphatic carbocycles. The summed E-state index contributed by atoms with van der Waals surface area (Å²) in [5.74, 6) is -0.317. The Bertz CT molecular complexity index is 394. The van der Waals surface area contributed by atoms with E-state index in [1.807, 2.05) is 6.92 Å². The number of halogens is 1. The average Bonchev–Trinajstić information content (AvgIpc) is 2.24. The van der Waals surface area contributed by atoms with Gasteiger partial charge in [-0.3, -0.25) is 4.79 Å². The van der Waals surface area contributed by atoms with E-state index >= 15 is 0 Å². The molecule has 4 nitrogen and oxygen atoms in total. The zero-order valence-electron chi connectivity index (χ0n) is 10.00. The van der Waals surface area contributed by atoms with E-state index < -0.39 is 5.82 Å². The number of hydrogen-bond acceptors (Lipinski definition) is 3. The van der Waals surface area contributed by atoms with Crippen molar-refractivity contribution in [2.24, 2.45) is 5.73 Å². The molecule has 3 N–H and O–H groups in total. The van der Waals surface area contributed by atoms with Gasteiger partial charge in [0, 0.05) is 19.2 Å². The summed E-state index contributed by atoms with van der Waals surface area (Å²) in [6.07, 6.45) is 0.564. The van der Waals surface area contributed by atoms with E-state index in [2.05, 4.69) is 5.32 Å². The van der Waals surface area contributed by atoms with E-state index in [9.17, 15) is 9.18 Å². The highest BCUT2D eigenvalue weighted by atomic mass is 19.1. The van der Waals surface area contributed by atoms with Crippen LogP contribution in [-0.2, 0) is 11.2 Å². The van der Waals surface area contributed by atoms with Crippen molar-refractivity contribution in [1.82, 2.24) is 5.32 Å². The van der Waals surface area contributed by atoms with Gasteiger partial charge in [0.1, 0.15) is 11.6 Å². The minimum absolute atomic E-state index is 0.0522. The number of hydrogen-bond donors (Lipinski definition) is 2. The molecule has 0 saturated heterocycles. The standard InChI is InChI=1S/C12H17FN2O2/c1-8(14)3-9-4-10(13)6-11(5-9)17-7-12(16)15-2/h4-6,8H,3,7,14H2,1-2H3,(H,15,16). The first-order chi connectivity index (χ1) is 8.01. The molecule has 0 fully saturated rings. The van der Waals surface area contributed by atoms with Crippen molar-refractivity contribution >= 4 is 5.91 Å². The fourth-order valence-electron chi connectivity index (χ4n) is 1.41. The monoisotopic (exact) mass is 240 g/mol. The molecule has 5 heteroatoms. The first kappa shape index (κ1) is 13.4. The molecule has 0 radical (unpaired) electrons. The van der Waals surface area contributed by atoms with Crippen LogP contribution in [0.25, 0.3) is 0 Å². The molecule has 0 aromatic heterocycles. The van der Waals surface area contributed by atoms with Crippen LogP contribution in [0.15, 0.2) is 18.2 Å². The van der Waals surface area contributed by atoms with Gasteiger partial charge in [0.15, 0.2) is 6.61 Å². The largest absolute Gasteiger partial charge is 0.484 e. The zero-order valence-corrected chi connectivity index (χ0v) is 10.00. The van der Waals surface area contributed by atoms with Gasteiger partial charge < -0.3 is 15.8 Å². The molecule has 1 unspecified atom stereocenters. The molecule has 1 amide bonds. The van der Waals surface area contributed by atoms with Crippen LogP contribution in [0.2, 0.25) is 0 Å². The van der Waals surface area contributed by atoms with Crippen molar-refractivity contribution in [1.29, 1.82) is 0 Å². The summed E-state index contributed by atoms with van der Waals surface area (Å²) in [6.45, 7) is 1.72. The number of likely N-dealkylation sites (N-methyl/N-ethyl adjacent to an activating group) is 1. The van der Waals surface area contributed by atoms with Crippen LogP contribution >= 0.6 is 0 Å². The third-order valence-corrected chi connectivity index (χ3v) is 2.14. The molecule has 1 aromatic rings. The molecule has 1 rings (SSSR count). The van der Waals surface area contributed by atoms with Crippen molar-refractivity contribution in [3.63, 3.8) is 0 Å². The van der Waals surface area contributed by atoms with Crippen LogP contribution in [0.5, 0.6) is 5.75 Å². The van der Waals surface area contributed by atoms with Gasteiger partial charge in [-0.25, -0.2) is 4.39 Å². The third-order valence-electron chi connectivity index (χ3n) is 2.14. The molecular formula is C12H17FN2O2. The fourth-order valence-corrected chi connectivity index (χ4v) is 1.41. The summed E-state index contributed by atoms with van der Waals surface area (Å²) in [5.41, 5.74) is 6.40. The van der Waals surface area contributed by atoms with Crippen LogP contribution in [0.3, 0.4) is 0 Å². The van der Waals surface area contributed by atoms with Crippen LogP contribution in [-0.4, -0.2) is 25.6 Å². The Morgan fingerprint density at radius 2 is 2.24 bits per heavy atom. The highest BCUT2D eigenvalue weighted by Crippen LogP contribution is 2.17. The molecular weight excluding hydrogens is 223 g/mol. The van der Waals surface area contributed by atoms with Gasteiger partial charge in [-0.2, -0.15) is 0 Å². The van der Waals surface area contributed by atoms with Crippen LogP contribution in [0.4, 0.5) is 4.39 Å². The van der Waals surface area contributed by atoms with E-state index in [1.54, 1.807) is 6.07 Å². The minimum Gasteiger partial charge on any atom is -0.484 e. The summed E-state index contributed by atoms with van der Waals surface area (Å²) >= 11 is 0. The number of ether oxygens (including phenoxy) is 1. The number of amides is 1. The number of nitrogens with one attached hydrogen (secondary N) is 1. The molecule has 0 heterocycles. The lowest BCUT2D eigenvalue weighted by molar-refractivity contribution is -0.122. The van der Waals surface area contributed by atoms with Gasteiger partial charge in [-0.05, 0) is 31.0 Å². The molecule has 17 heavy (non-hydrogen) atoms. The number of benzene rings is 1. The Kier molecular flexibility index (Phi) is 4.90. The minimum atomic E-state index is -0.393. The lowest BCUT2D eigenvalue weighted by Crippen LogP contribution is -2.25. The van der Waals surface area contributed by atoms with Crippen LogP contribution in [0.1, 0.15) is 12.5 Å². The normalized spacial score (nSPS) is 12.0. The average molecular weight is 240 g/mol. The number of carbonyl (C=O) groups is 1. The second-order valence-corrected chi connectivity index (χ2v) is 3.94. The van der Waals surface area contributed by atoms with Gasteiger partial charge in [0.25, 0.3) is 5.91 Å². The maximum absolute atomic E-state index is 13.3. The van der Waals surface area contributed by atoms with Gasteiger partial charge in [-0.1, -0.05) is 0 Å². The fraction of sp³-hybridized carbons (Fsp3) is 0.417. The molecule has 0 bridgehead atoms. The summed E-state index contributed by atoms with van der Waals surface area (Å²) in [6, 6.07) is 4.29. The summed E-state index contributed by atoms with van der Waals surface area (Å²) in [7, 11) is 1.51. The quantitative estimate of drug-likeness (QED) is 0.801. The summed E-state index contributed by atoms with van der Waals surface area (Å²) in [4.78, 5) is 11.0. The second-order valence-electron chi connectivity index (χ2n) is 3.94. The van der Waals surface area contributed by atoms with Crippen molar-refractivity contribution in [2.75, 3.05) is 13.7 Å². The lowest BCUT2D eigenvalue weighted by atomic mass is 10.1. The zero-order chi connectivity index (χ0) is 12.8. The van der Waals surface area contributed by atoms with Crippen LogP contribution < -0.4 is 15.8 Å². The Hall–Kier alpha value is -1.62. The van der Waals surface area contributed by atoms with Crippen LogP contribution in [0, 0.1) is 5.82 Å². The lowest BCUT2D eigenvalue weighted by Gasteiger charge is -2.09. The number of rotatable bonds is 5. The van der Waals surface area contributed by atoms with Gasteiger partial charge >= 0.3 is 0 Å². The molecule has 0 aliphatic heterocycles. The predicted molar refractivity (Wildman–Crippen MR) is 63.3 cm³/mol. The first-order valence-corrected chi connectivity index (χ1v) is 5.39. The van der Waals surface area contributed by atoms with Gasteiger partial charge in [-0.15, -0.1) is 0 Å². The van der Waals surface area contributed by atoms with E-state index in [-0.39, 0.29) is 18.6 Å². The van der Waals surface area contributed by atoms with Gasteiger partial charge in [0.2, 0.25) is 0 Å². The Balaban J connectivity index is 2.71. The van der Waals surface area contributed by atoms with Gasteiger partial charge in [0.05, 0.1) is 0 Å². The number of nitrogens with two attached hydrogens (primary N) is 1. The molecule has 0 saturated carbocycles.